The summed E-state index contributed by atoms with van der Waals surface area (Å²) in [6, 6.07) is 3.34. The fraction of sp³-hybridized carbons (Fsp3) is 0.250. The lowest BCUT2D eigenvalue weighted by atomic mass is 10.2. The molecule has 0 fully saturated rings. The standard InChI is InChI=1S/C8H5BrF4O3S/c9-6-2-1-5(3-7(6)10)4-16-17(14,15)8(11,12)13/h1-3H,4H2. The van der Waals surface area contributed by atoms with E-state index in [4.69, 9.17) is 0 Å². The highest BCUT2D eigenvalue weighted by Gasteiger charge is 2.47. The largest absolute Gasteiger partial charge is 0.523 e. The smallest absolute Gasteiger partial charge is 0.258 e. The normalized spacial score (nSPS) is 12.8. The van der Waals surface area contributed by atoms with Crippen LogP contribution in [0, 0.1) is 5.82 Å². The second-order valence-electron chi connectivity index (χ2n) is 2.91. The maximum Gasteiger partial charge on any atom is 0.523 e. The van der Waals surface area contributed by atoms with Gasteiger partial charge in [0.25, 0.3) is 0 Å². The highest BCUT2D eigenvalue weighted by Crippen LogP contribution is 2.26. The van der Waals surface area contributed by atoms with Crippen LogP contribution in [0.5, 0.6) is 0 Å². The zero-order chi connectivity index (χ0) is 13.3. The molecule has 0 spiro atoms. The third-order valence-electron chi connectivity index (χ3n) is 1.65. The van der Waals surface area contributed by atoms with Crippen LogP contribution < -0.4 is 0 Å². The molecule has 0 unspecified atom stereocenters. The van der Waals surface area contributed by atoms with Crippen LogP contribution in [-0.4, -0.2) is 13.9 Å². The lowest BCUT2D eigenvalue weighted by molar-refractivity contribution is -0.0547. The van der Waals surface area contributed by atoms with Crippen LogP contribution in [0.15, 0.2) is 22.7 Å². The maximum atomic E-state index is 13.0. The van der Waals surface area contributed by atoms with E-state index < -0.39 is 28.1 Å². The number of benzene rings is 1. The van der Waals surface area contributed by atoms with Crippen molar-refractivity contribution in [2.45, 2.75) is 12.1 Å². The molecule has 0 atom stereocenters. The average Bonchev–Trinajstić information content (AvgIpc) is 2.18. The zero-order valence-electron chi connectivity index (χ0n) is 7.96. The van der Waals surface area contributed by atoms with E-state index in [1.165, 1.54) is 12.1 Å². The first kappa shape index (κ1) is 14.4. The highest BCUT2D eigenvalue weighted by atomic mass is 79.9. The van der Waals surface area contributed by atoms with Crippen LogP contribution >= 0.6 is 15.9 Å². The molecule has 0 aromatic heterocycles. The molecule has 96 valence electrons. The number of hydrogen-bond donors (Lipinski definition) is 0. The van der Waals surface area contributed by atoms with Gasteiger partial charge in [0, 0.05) is 0 Å². The summed E-state index contributed by atoms with van der Waals surface area (Å²) in [5, 5.41) is 0. The molecule has 3 nitrogen and oxygen atoms in total. The molecule has 9 heteroatoms. The second kappa shape index (κ2) is 4.91. The Hall–Kier alpha value is -0.670. The minimum absolute atomic E-state index is 0.0291. The summed E-state index contributed by atoms with van der Waals surface area (Å²) in [5.41, 5.74) is -5.51. The number of hydrogen-bond acceptors (Lipinski definition) is 3. The Bertz CT molecular complexity index is 512. The molecule has 0 bridgehead atoms. The van der Waals surface area contributed by atoms with Crippen LogP contribution in [0.25, 0.3) is 0 Å². The number of rotatable bonds is 3. The van der Waals surface area contributed by atoms with E-state index in [1.807, 2.05) is 0 Å². The molecule has 1 rings (SSSR count). The van der Waals surface area contributed by atoms with Crippen molar-refractivity contribution in [1.29, 1.82) is 0 Å². The van der Waals surface area contributed by atoms with E-state index >= 15 is 0 Å². The molecule has 0 aliphatic heterocycles. The summed E-state index contributed by atoms with van der Waals surface area (Å²) in [4.78, 5) is 0. The van der Waals surface area contributed by atoms with E-state index in [0.717, 1.165) is 6.07 Å². The first-order chi connectivity index (χ1) is 7.63. The molecule has 0 amide bonds. The van der Waals surface area contributed by atoms with Crippen molar-refractivity contribution < 1.29 is 30.2 Å². The molecule has 0 saturated carbocycles. The van der Waals surface area contributed by atoms with Crippen molar-refractivity contribution in [2.24, 2.45) is 0 Å². The van der Waals surface area contributed by atoms with Crippen molar-refractivity contribution in [3.05, 3.63) is 34.1 Å². The van der Waals surface area contributed by atoms with Gasteiger partial charge in [-0.1, -0.05) is 6.07 Å². The quantitative estimate of drug-likeness (QED) is 0.484. The first-order valence-corrected chi connectivity index (χ1v) is 6.23. The van der Waals surface area contributed by atoms with E-state index in [9.17, 15) is 26.0 Å². The third kappa shape index (κ3) is 3.65. The fourth-order valence-corrected chi connectivity index (χ4v) is 1.51. The fourth-order valence-electron chi connectivity index (χ4n) is 0.842. The van der Waals surface area contributed by atoms with Crippen molar-refractivity contribution in [1.82, 2.24) is 0 Å². The number of alkyl halides is 3. The molecule has 17 heavy (non-hydrogen) atoms. The van der Waals surface area contributed by atoms with Crippen LogP contribution in [0.2, 0.25) is 0 Å². The van der Waals surface area contributed by atoms with E-state index in [0.29, 0.717) is 0 Å². The van der Waals surface area contributed by atoms with Crippen molar-refractivity contribution in [3.63, 3.8) is 0 Å². The molecule has 1 aromatic carbocycles. The van der Waals surface area contributed by atoms with Gasteiger partial charge in [-0.3, -0.25) is 4.18 Å². The van der Waals surface area contributed by atoms with Gasteiger partial charge in [0.05, 0.1) is 11.1 Å². The lowest BCUT2D eigenvalue weighted by Gasteiger charge is -2.08. The van der Waals surface area contributed by atoms with E-state index in [2.05, 4.69) is 20.1 Å². The van der Waals surface area contributed by atoms with Crippen LogP contribution in [-0.2, 0) is 20.9 Å². The average molecular weight is 337 g/mol. The summed E-state index contributed by atoms with van der Waals surface area (Å²) < 4.78 is 73.5. The lowest BCUT2D eigenvalue weighted by Crippen LogP contribution is -2.25. The SMILES string of the molecule is O=S(=O)(OCc1ccc(Br)c(F)c1)C(F)(F)F. The summed E-state index contributed by atoms with van der Waals surface area (Å²) in [6.45, 7) is -0.883. The Balaban J connectivity index is 2.78. The van der Waals surface area contributed by atoms with Crippen molar-refractivity contribution in [3.8, 4) is 0 Å². The van der Waals surface area contributed by atoms with Gasteiger partial charge in [0.1, 0.15) is 5.82 Å². The van der Waals surface area contributed by atoms with Crippen molar-refractivity contribution >= 4 is 26.0 Å². The van der Waals surface area contributed by atoms with Gasteiger partial charge in [0.15, 0.2) is 0 Å². The van der Waals surface area contributed by atoms with Gasteiger partial charge < -0.3 is 0 Å². The van der Waals surface area contributed by atoms with Gasteiger partial charge in [-0.15, -0.1) is 0 Å². The Morgan fingerprint density at radius 2 is 1.88 bits per heavy atom. The molecular formula is C8H5BrF4O3S. The Morgan fingerprint density at radius 1 is 1.29 bits per heavy atom. The minimum Gasteiger partial charge on any atom is -0.258 e. The van der Waals surface area contributed by atoms with Gasteiger partial charge in [0.2, 0.25) is 0 Å². The van der Waals surface area contributed by atoms with E-state index in [1.54, 1.807) is 0 Å². The van der Waals surface area contributed by atoms with Crippen LogP contribution in [0.3, 0.4) is 0 Å². The summed E-state index contributed by atoms with van der Waals surface area (Å²) in [5.74, 6) is -0.726. The Labute approximate surface area is 103 Å². The molecule has 0 heterocycles. The minimum atomic E-state index is -5.65. The molecule has 0 radical (unpaired) electrons. The molecule has 0 aliphatic rings. The molecule has 0 saturated heterocycles. The first-order valence-electron chi connectivity index (χ1n) is 4.03. The topological polar surface area (TPSA) is 43.4 Å². The maximum absolute atomic E-state index is 13.0. The number of halogens is 5. The van der Waals surface area contributed by atoms with Gasteiger partial charge in [-0.05, 0) is 33.6 Å². The zero-order valence-corrected chi connectivity index (χ0v) is 10.4. The third-order valence-corrected chi connectivity index (χ3v) is 3.29. The Kier molecular flexibility index (Phi) is 4.15. The summed E-state index contributed by atoms with van der Waals surface area (Å²) in [7, 11) is -5.65. The van der Waals surface area contributed by atoms with Gasteiger partial charge in [-0.2, -0.15) is 21.6 Å². The predicted molar refractivity (Wildman–Crippen MR) is 53.9 cm³/mol. The van der Waals surface area contributed by atoms with Gasteiger partial charge >= 0.3 is 15.6 Å². The highest BCUT2D eigenvalue weighted by molar-refractivity contribution is 9.10. The Morgan fingerprint density at radius 3 is 2.35 bits per heavy atom. The van der Waals surface area contributed by atoms with Crippen LogP contribution in [0.4, 0.5) is 17.6 Å². The monoisotopic (exact) mass is 336 g/mol. The van der Waals surface area contributed by atoms with E-state index in [-0.39, 0.29) is 10.0 Å². The second-order valence-corrected chi connectivity index (χ2v) is 5.37. The predicted octanol–water partition coefficient (Wildman–Crippen LogP) is 2.95. The molecule has 0 aliphatic carbocycles. The molecule has 0 N–H and O–H groups in total. The summed E-state index contributed by atoms with van der Waals surface area (Å²) >= 11 is 2.84. The summed E-state index contributed by atoms with van der Waals surface area (Å²) in [6.07, 6.45) is 0. The van der Waals surface area contributed by atoms with Crippen LogP contribution in [0.1, 0.15) is 5.56 Å². The van der Waals surface area contributed by atoms with Crippen molar-refractivity contribution in [2.75, 3.05) is 0 Å². The molecule has 1 aromatic rings. The van der Waals surface area contributed by atoms with Gasteiger partial charge in [-0.25, -0.2) is 4.39 Å². The molecular weight excluding hydrogens is 332 g/mol.